The fourth-order valence-corrected chi connectivity index (χ4v) is 5.91. The van der Waals surface area contributed by atoms with Crippen molar-refractivity contribution in [1.29, 1.82) is 0 Å². The molecule has 168 valence electrons. The number of nitrogens with one attached hydrogen (secondary N) is 2. The maximum absolute atomic E-state index is 12.8. The molecule has 0 saturated carbocycles. The Morgan fingerprint density at radius 3 is 2.66 bits per heavy atom. The van der Waals surface area contributed by atoms with Crippen molar-refractivity contribution >= 4 is 44.6 Å². The Bertz CT molecular complexity index is 1240. The van der Waals surface area contributed by atoms with E-state index in [-0.39, 0.29) is 9.77 Å². The molecule has 0 bridgehead atoms. The Labute approximate surface area is 195 Å². The molecule has 0 fully saturated rings. The molecular weight excluding hydrogens is 472 g/mol. The zero-order valence-electron chi connectivity index (χ0n) is 17.2. The van der Waals surface area contributed by atoms with Crippen LogP contribution in [0.1, 0.15) is 20.8 Å². The van der Waals surface area contributed by atoms with E-state index < -0.39 is 15.9 Å². The lowest BCUT2D eigenvalue weighted by Gasteiger charge is -2.20. The summed E-state index contributed by atoms with van der Waals surface area (Å²) in [5, 5.41) is 4.82. The summed E-state index contributed by atoms with van der Waals surface area (Å²) in [6.07, 6.45) is 0.497. The quantitative estimate of drug-likeness (QED) is 0.514. The van der Waals surface area contributed by atoms with Gasteiger partial charge >= 0.3 is 0 Å². The number of fused-ring (bicyclic) bond motifs is 1. The first-order chi connectivity index (χ1) is 15.3. The summed E-state index contributed by atoms with van der Waals surface area (Å²) in [7, 11) is -3.90. The molecule has 0 aliphatic carbocycles. The number of rotatable bonds is 7. The molecule has 0 radical (unpaired) electrons. The maximum Gasteiger partial charge on any atom is 0.263 e. The van der Waals surface area contributed by atoms with Crippen molar-refractivity contribution in [3.8, 4) is 11.5 Å². The van der Waals surface area contributed by atoms with Crippen LogP contribution in [0.25, 0.3) is 0 Å². The number of hydrogen-bond donors (Lipinski definition) is 2. The van der Waals surface area contributed by atoms with Gasteiger partial charge < -0.3 is 14.8 Å². The average Bonchev–Trinajstić information content (AvgIpc) is 3.27. The van der Waals surface area contributed by atoms with Crippen LogP contribution >= 0.6 is 22.9 Å². The predicted octanol–water partition coefficient (Wildman–Crippen LogP) is 4.25. The van der Waals surface area contributed by atoms with Crippen LogP contribution in [0.4, 0.5) is 5.69 Å². The minimum Gasteiger partial charge on any atom is -0.486 e. The molecule has 1 aliphatic heterocycles. The fraction of sp³-hybridized carbons (Fsp3) is 0.227. The number of sulfonamides is 1. The van der Waals surface area contributed by atoms with E-state index in [0.29, 0.717) is 48.4 Å². The first-order valence-electron chi connectivity index (χ1n) is 9.87. The number of halogens is 1. The molecule has 2 N–H and O–H groups in total. The van der Waals surface area contributed by atoms with Crippen LogP contribution in [0.15, 0.2) is 52.7 Å². The van der Waals surface area contributed by atoms with Crippen molar-refractivity contribution in [2.75, 3.05) is 24.5 Å². The number of anilines is 1. The molecule has 1 amide bonds. The van der Waals surface area contributed by atoms with Gasteiger partial charge in [0.25, 0.3) is 15.9 Å². The molecule has 0 saturated heterocycles. The second-order valence-corrected chi connectivity index (χ2v) is 10.2. The first kappa shape index (κ1) is 22.4. The second kappa shape index (κ2) is 9.40. The predicted molar refractivity (Wildman–Crippen MR) is 125 cm³/mol. The summed E-state index contributed by atoms with van der Waals surface area (Å²) in [5.74, 6) is 0.659. The molecule has 2 heterocycles. The summed E-state index contributed by atoms with van der Waals surface area (Å²) in [6.45, 7) is 3.12. The van der Waals surface area contributed by atoms with Crippen LogP contribution in [0.2, 0.25) is 5.02 Å². The zero-order chi connectivity index (χ0) is 22.7. The number of aryl methyl sites for hydroxylation is 1. The van der Waals surface area contributed by atoms with E-state index in [0.717, 1.165) is 22.5 Å². The Morgan fingerprint density at radius 2 is 1.88 bits per heavy atom. The molecule has 2 aromatic carbocycles. The second-order valence-electron chi connectivity index (χ2n) is 7.19. The molecule has 3 aromatic rings. The van der Waals surface area contributed by atoms with Crippen molar-refractivity contribution in [1.82, 2.24) is 5.32 Å². The molecule has 1 aliphatic rings. The zero-order valence-corrected chi connectivity index (χ0v) is 19.6. The summed E-state index contributed by atoms with van der Waals surface area (Å²) in [6, 6.07) is 12.0. The van der Waals surface area contributed by atoms with Gasteiger partial charge in [0.1, 0.15) is 23.0 Å². The smallest absolute Gasteiger partial charge is 0.263 e. The van der Waals surface area contributed by atoms with Crippen LogP contribution in [-0.2, 0) is 16.4 Å². The van der Waals surface area contributed by atoms with E-state index in [1.54, 1.807) is 23.6 Å². The van der Waals surface area contributed by atoms with E-state index in [1.165, 1.54) is 6.07 Å². The van der Waals surface area contributed by atoms with E-state index in [9.17, 15) is 13.2 Å². The van der Waals surface area contributed by atoms with Gasteiger partial charge in [0, 0.05) is 12.2 Å². The summed E-state index contributed by atoms with van der Waals surface area (Å²) >= 11 is 7.33. The lowest BCUT2D eigenvalue weighted by atomic mass is 10.1. The minimum absolute atomic E-state index is 0.0528. The third-order valence-electron chi connectivity index (χ3n) is 4.78. The first-order valence-corrected chi connectivity index (χ1v) is 12.6. The van der Waals surface area contributed by atoms with Crippen LogP contribution < -0.4 is 19.5 Å². The lowest BCUT2D eigenvalue weighted by Crippen LogP contribution is -2.27. The van der Waals surface area contributed by atoms with Crippen LogP contribution in [0, 0.1) is 6.92 Å². The summed E-state index contributed by atoms with van der Waals surface area (Å²) in [5.41, 5.74) is 2.33. The van der Waals surface area contributed by atoms with E-state index in [2.05, 4.69) is 10.0 Å². The van der Waals surface area contributed by atoms with Gasteiger partial charge in [-0.15, -0.1) is 11.3 Å². The maximum atomic E-state index is 12.8. The highest BCUT2D eigenvalue weighted by atomic mass is 35.5. The molecule has 0 atom stereocenters. The largest absolute Gasteiger partial charge is 0.486 e. The fourth-order valence-electron chi connectivity index (χ4n) is 3.22. The summed E-state index contributed by atoms with van der Waals surface area (Å²) < 4.78 is 39.2. The highest BCUT2D eigenvalue weighted by Crippen LogP contribution is 2.38. The highest BCUT2D eigenvalue weighted by molar-refractivity contribution is 7.93. The van der Waals surface area contributed by atoms with Gasteiger partial charge in [-0.3, -0.25) is 9.52 Å². The van der Waals surface area contributed by atoms with Crippen molar-refractivity contribution < 1.29 is 22.7 Å². The number of benzene rings is 2. The number of amides is 1. The molecule has 32 heavy (non-hydrogen) atoms. The molecule has 4 rings (SSSR count). The minimum atomic E-state index is -3.90. The molecule has 1 aromatic heterocycles. The molecule has 0 spiro atoms. The normalized spacial score (nSPS) is 12.9. The van der Waals surface area contributed by atoms with Crippen molar-refractivity contribution in [2.45, 2.75) is 18.2 Å². The van der Waals surface area contributed by atoms with Gasteiger partial charge in [0.05, 0.1) is 5.02 Å². The van der Waals surface area contributed by atoms with Gasteiger partial charge in [0.2, 0.25) is 0 Å². The Morgan fingerprint density at radius 1 is 1.12 bits per heavy atom. The van der Waals surface area contributed by atoms with Crippen LogP contribution in [0.5, 0.6) is 11.5 Å². The Hall–Kier alpha value is -2.75. The molecule has 7 nitrogen and oxygen atoms in total. The Balaban J connectivity index is 1.41. The standard InChI is InChI=1S/C22H21ClN2O5S2/c1-14-2-4-16(5-3-14)25-32(27,28)19-7-11-31-21(19)22(26)24-8-6-15-12-17(23)20-18(13-15)29-9-10-30-20/h2-5,7,11-13,25H,6,8-10H2,1H3,(H,24,26). The third kappa shape index (κ3) is 5.01. The van der Waals surface area contributed by atoms with E-state index >= 15 is 0 Å². The van der Waals surface area contributed by atoms with E-state index in [1.807, 2.05) is 25.1 Å². The number of carbonyl (C=O) groups is 1. The third-order valence-corrected chi connectivity index (χ3v) is 7.53. The monoisotopic (exact) mass is 492 g/mol. The molecule has 0 unspecified atom stereocenters. The molecule has 10 heteroatoms. The average molecular weight is 493 g/mol. The molecular formula is C22H21ClN2O5S2. The van der Waals surface area contributed by atoms with Crippen LogP contribution in [-0.4, -0.2) is 34.1 Å². The SMILES string of the molecule is Cc1ccc(NS(=O)(=O)c2ccsc2C(=O)NCCc2cc(Cl)c3c(c2)OCCO3)cc1. The van der Waals surface area contributed by atoms with E-state index in [4.69, 9.17) is 21.1 Å². The van der Waals surface area contributed by atoms with Gasteiger partial charge in [-0.25, -0.2) is 8.42 Å². The van der Waals surface area contributed by atoms with Gasteiger partial charge in [-0.2, -0.15) is 0 Å². The number of carbonyl (C=O) groups excluding carboxylic acids is 1. The topological polar surface area (TPSA) is 93.7 Å². The van der Waals surface area contributed by atoms with Crippen molar-refractivity contribution in [3.63, 3.8) is 0 Å². The number of hydrogen-bond acceptors (Lipinski definition) is 6. The Kier molecular flexibility index (Phi) is 6.59. The van der Waals surface area contributed by atoms with Crippen molar-refractivity contribution in [2.24, 2.45) is 0 Å². The van der Waals surface area contributed by atoms with Gasteiger partial charge in [-0.1, -0.05) is 29.3 Å². The summed E-state index contributed by atoms with van der Waals surface area (Å²) in [4.78, 5) is 12.8. The van der Waals surface area contributed by atoms with Gasteiger partial charge in [-0.05, 0) is 54.6 Å². The van der Waals surface area contributed by atoms with Crippen molar-refractivity contribution in [3.05, 3.63) is 68.9 Å². The van der Waals surface area contributed by atoms with Crippen LogP contribution in [0.3, 0.4) is 0 Å². The number of thiophene rings is 1. The van der Waals surface area contributed by atoms with Gasteiger partial charge in [0.15, 0.2) is 11.5 Å². The highest BCUT2D eigenvalue weighted by Gasteiger charge is 2.24. The number of ether oxygens (including phenoxy) is 2. The lowest BCUT2D eigenvalue weighted by molar-refractivity contribution is 0.0955.